The minimum atomic E-state index is -0.756. The molecule has 0 saturated heterocycles. The third kappa shape index (κ3) is 3.42. The fourth-order valence-electron chi connectivity index (χ4n) is 1.90. The van der Waals surface area contributed by atoms with Crippen LogP contribution in [0.1, 0.15) is 21.5 Å². The lowest BCUT2D eigenvalue weighted by Gasteiger charge is -2.17. The van der Waals surface area contributed by atoms with Gasteiger partial charge in [0.15, 0.2) is 0 Å². The molecular formula is C16H12F2N2O. The van der Waals surface area contributed by atoms with Crippen molar-refractivity contribution in [3.8, 4) is 6.07 Å². The van der Waals surface area contributed by atoms with Gasteiger partial charge in [-0.2, -0.15) is 5.26 Å². The topological polar surface area (TPSA) is 44.1 Å². The number of hydrogen-bond donors (Lipinski definition) is 0. The van der Waals surface area contributed by atoms with E-state index in [0.29, 0.717) is 5.56 Å². The van der Waals surface area contributed by atoms with Crippen molar-refractivity contribution in [1.82, 2.24) is 4.90 Å². The van der Waals surface area contributed by atoms with E-state index in [4.69, 9.17) is 5.26 Å². The molecule has 1 amide bonds. The number of carbonyl (C=O) groups is 1. The minimum Gasteiger partial charge on any atom is -0.337 e. The second-order valence-electron chi connectivity index (χ2n) is 4.59. The number of amides is 1. The van der Waals surface area contributed by atoms with Crippen LogP contribution in [0.25, 0.3) is 0 Å². The molecular weight excluding hydrogens is 274 g/mol. The minimum absolute atomic E-state index is 0.237. The van der Waals surface area contributed by atoms with Gasteiger partial charge >= 0.3 is 0 Å². The molecule has 0 radical (unpaired) electrons. The molecule has 0 atom stereocenters. The summed E-state index contributed by atoms with van der Waals surface area (Å²) >= 11 is 0. The molecule has 0 bridgehead atoms. The Balaban J connectivity index is 2.15. The van der Waals surface area contributed by atoms with Crippen molar-refractivity contribution < 1.29 is 13.6 Å². The Bertz CT molecular complexity index is 705. The molecule has 2 aromatic rings. The van der Waals surface area contributed by atoms with Gasteiger partial charge in [0.2, 0.25) is 0 Å². The molecule has 0 saturated carbocycles. The van der Waals surface area contributed by atoms with Crippen LogP contribution in [0.5, 0.6) is 0 Å². The highest BCUT2D eigenvalue weighted by Gasteiger charge is 2.17. The first-order chi connectivity index (χ1) is 10.0. The van der Waals surface area contributed by atoms with E-state index in [1.165, 1.54) is 11.9 Å². The van der Waals surface area contributed by atoms with Crippen LogP contribution >= 0.6 is 0 Å². The zero-order valence-electron chi connectivity index (χ0n) is 11.3. The highest BCUT2D eigenvalue weighted by molar-refractivity contribution is 5.94. The number of nitriles is 1. The molecule has 106 valence electrons. The van der Waals surface area contributed by atoms with Gasteiger partial charge in [0, 0.05) is 13.6 Å². The first-order valence-corrected chi connectivity index (χ1v) is 6.21. The van der Waals surface area contributed by atoms with Crippen LogP contribution in [-0.2, 0) is 6.54 Å². The quantitative estimate of drug-likeness (QED) is 0.870. The molecule has 0 aliphatic rings. The molecule has 2 aromatic carbocycles. The molecule has 0 aliphatic heterocycles. The van der Waals surface area contributed by atoms with Crippen LogP contribution in [0, 0.1) is 23.0 Å². The average Bonchev–Trinajstić information content (AvgIpc) is 2.49. The Morgan fingerprint density at radius 1 is 1.19 bits per heavy atom. The van der Waals surface area contributed by atoms with E-state index in [9.17, 15) is 13.6 Å². The van der Waals surface area contributed by atoms with Crippen molar-refractivity contribution >= 4 is 5.91 Å². The van der Waals surface area contributed by atoms with Gasteiger partial charge in [0.05, 0.1) is 17.2 Å². The number of hydrogen-bond acceptors (Lipinski definition) is 2. The fourth-order valence-corrected chi connectivity index (χ4v) is 1.90. The maximum atomic E-state index is 13.6. The molecule has 0 fully saturated rings. The first-order valence-electron chi connectivity index (χ1n) is 6.21. The van der Waals surface area contributed by atoms with Gasteiger partial charge in [-0.1, -0.05) is 12.1 Å². The maximum absolute atomic E-state index is 13.6. The summed E-state index contributed by atoms with van der Waals surface area (Å²) in [6.45, 7) is 0.237. The zero-order valence-corrected chi connectivity index (χ0v) is 11.3. The lowest BCUT2D eigenvalue weighted by Crippen LogP contribution is -2.27. The zero-order chi connectivity index (χ0) is 15.4. The molecule has 0 heterocycles. The van der Waals surface area contributed by atoms with Crippen molar-refractivity contribution in [2.24, 2.45) is 0 Å². The third-order valence-electron chi connectivity index (χ3n) is 3.01. The highest BCUT2D eigenvalue weighted by atomic mass is 19.1. The molecule has 0 unspecified atom stereocenters. The van der Waals surface area contributed by atoms with E-state index in [1.54, 1.807) is 24.3 Å². The summed E-state index contributed by atoms with van der Waals surface area (Å²) in [6.07, 6.45) is 0. The van der Waals surface area contributed by atoms with Crippen LogP contribution in [0.15, 0.2) is 42.5 Å². The molecule has 0 aliphatic carbocycles. The van der Waals surface area contributed by atoms with Gasteiger partial charge in [-0.25, -0.2) is 8.78 Å². The maximum Gasteiger partial charge on any atom is 0.256 e. The summed E-state index contributed by atoms with van der Waals surface area (Å²) in [5, 5.41) is 8.71. The summed E-state index contributed by atoms with van der Waals surface area (Å²) in [5.74, 6) is -2.02. The number of nitrogens with zero attached hydrogens (tertiary/aromatic N) is 2. The van der Waals surface area contributed by atoms with Gasteiger partial charge in [-0.15, -0.1) is 0 Å². The van der Waals surface area contributed by atoms with Crippen LogP contribution in [0.3, 0.4) is 0 Å². The largest absolute Gasteiger partial charge is 0.337 e. The highest BCUT2D eigenvalue weighted by Crippen LogP contribution is 2.14. The average molecular weight is 286 g/mol. The summed E-state index contributed by atoms with van der Waals surface area (Å²) < 4.78 is 26.7. The summed E-state index contributed by atoms with van der Waals surface area (Å²) in [6, 6.07) is 11.5. The lowest BCUT2D eigenvalue weighted by atomic mass is 10.1. The van der Waals surface area contributed by atoms with Crippen LogP contribution < -0.4 is 0 Å². The molecule has 3 nitrogen and oxygen atoms in total. The van der Waals surface area contributed by atoms with Gasteiger partial charge in [0.1, 0.15) is 11.6 Å². The van der Waals surface area contributed by atoms with Crippen LogP contribution in [0.4, 0.5) is 8.78 Å². The summed E-state index contributed by atoms with van der Waals surface area (Å²) in [4.78, 5) is 13.4. The van der Waals surface area contributed by atoms with Crippen molar-refractivity contribution in [2.45, 2.75) is 6.54 Å². The van der Waals surface area contributed by atoms with E-state index < -0.39 is 17.5 Å². The SMILES string of the molecule is CN(Cc1ccc(C#N)cc1)C(=O)c1cc(F)ccc1F. The molecule has 0 N–H and O–H groups in total. The Hall–Kier alpha value is -2.74. The van der Waals surface area contributed by atoms with Crippen molar-refractivity contribution in [1.29, 1.82) is 5.26 Å². The number of benzene rings is 2. The standard InChI is InChI=1S/C16H12F2N2O/c1-20(10-12-4-2-11(9-19)3-5-12)16(21)14-8-13(17)6-7-15(14)18/h2-8H,10H2,1H3. The molecule has 0 spiro atoms. The fraction of sp³-hybridized carbons (Fsp3) is 0.125. The van der Waals surface area contributed by atoms with Gasteiger partial charge in [-0.3, -0.25) is 4.79 Å². The third-order valence-corrected chi connectivity index (χ3v) is 3.01. The van der Waals surface area contributed by atoms with E-state index in [0.717, 1.165) is 23.8 Å². The smallest absolute Gasteiger partial charge is 0.256 e. The van der Waals surface area contributed by atoms with E-state index >= 15 is 0 Å². The lowest BCUT2D eigenvalue weighted by molar-refractivity contribution is 0.0780. The summed E-state index contributed by atoms with van der Waals surface area (Å²) in [7, 11) is 1.50. The van der Waals surface area contributed by atoms with Crippen molar-refractivity contribution in [3.05, 3.63) is 70.8 Å². The Morgan fingerprint density at radius 3 is 2.48 bits per heavy atom. The normalized spacial score (nSPS) is 10.0. The predicted molar refractivity (Wildman–Crippen MR) is 73.3 cm³/mol. The van der Waals surface area contributed by atoms with Crippen molar-refractivity contribution in [3.63, 3.8) is 0 Å². The second-order valence-corrected chi connectivity index (χ2v) is 4.59. The summed E-state index contributed by atoms with van der Waals surface area (Å²) in [5.41, 5.74) is 1.01. The molecule has 2 rings (SSSR count). The number of carbonyl (C=O) groups excluding carboxylic acids is 1. The molecule has 0 aromatic heterocycles. The van der Waals surface area contributed by atoms with Crippen molar-refractivity contribution in [2.75, 3.05) is 7.05 Å². The van der Waals surface area contributed by atoms with E-state index in [2.05, 4.69) is 0 Å². The first kappa shape index (κ1) is 14.7. The van der Waals surface area contributed by atoms with Gasteiger partial charge < -0.3 is 4.90 Å². The Morgan fingerprint density at radius 2 is 1.86 bits per heavy atom. The monoisotopic (exact) mass is 286 g/mol. The number of rotatable bonds is 3. The van der Waals surface area contributed by atoms with E-state index in [-0.39, 0.29) is 12.1 Å². The molecule has 5 heteroatoms. The molecule has 21 heavy (non-hydrogen) atoms. The second kappa shape index (κ2) is 6.14. The Kier molecular flexibility index (Phi) is 4.29. The van der Waals surface area contributed by atoms with Crippen LogP contribution in [-0.4, -0.2) is 17.9 Å². The van der Waals surface area contributed by atoms with Gasteiger partial charge in [-0.05, 0) is 35.9 Å². The van der Waals surface area contributed by atoms with Crippen LogP contribution in [0.2, 0.25) is 0 Å². The predicted octanol–water partition coefficient (Wildman–Crippen LogP) is 3.11. The number of halogens is 2. The Labute approximate surface area is 121 Å². The van der Waals surface area contributed by atoms with Gasteiger partial charge in [0.25, 0.3) is 5.91 Å². The van der Waals surface area contributed by atoms with E-state index in [1.807, 2.05) is 6.07 Å².